The van der Waals surface area contributed by atoms with Gasteiger partial charge in [-0.05, 0) is 25.3 Å². The predicted molar refractivity (Wildman–Crippen MR) is 51.1 cm³/mol. The van der Waals surface area contributed by atoms with E-state index in [0.717, 1.165) is 25.3 Å². The van der Waals surface area contributed by atoms with Gasteiger partial charge in [-0.25, -0.2) is 0 Å². The maximum Gasteiger partial charge on any atom is 0.0667 e. The molecule has 0 aromatic rings. The number of hydrogen-bond acceptors (Lipinski definition) is 2. The molecule has 1 fully saturated rings. The van der Waals surface area contributed by atoms with E-state index >= 15 is 0 Å². The molecule has 1 rings (SSSR count). The first-order valence-electron chi connectivity index (χ1n) is 5.12. The summed E-state index contributed by atoms with van der Waals surface area (Å²) >= 11 is 0. The van der Waals surface area contributed by atoms with Gasteiger partial charge in [-0.1, -0.05) is 20.3 Å². The Morgan fingerprint density at radius 3 is 2.83 bits per heavy atom. The van der Waals surface area contributed by atoms with Crippen LogP contribution in [0.1, 0.15) is 33.1 Å². The van der Waals surface area contributed by atoms with Gasteiger partial charge in [0.2, 0.25) is 0 Å². The van der Waals surface area contributed by atoms with Crippen molar-refractivity contribution < 1.29 is 5.11 Å². The number of aliphatic hydroxyl groups is 1. The quantitative estimate of drug-likeness (QED) is 0.692. The highest BCUT2D eigenvalue weighted by atomic mass is 16.3. The summed E-state index contributed by atoms with van der Waals surface area (Å²) in [5.74, 6) is 0.832. The molecular formula is C10H21NO. The van der Waals surface area contributed by atoms with Gasteiger partial charge in [0.15, 0.2) is 0 Å². The SMILES string of the molecule is CCCC(O)CN1CCC(C)C1. The fourth-order valence-corrected chi connectivity index (χ4v) is 1.91. The van der Waals surface area contributed by atoms with Crippen LogP contribution in [0.4, 0.5) is 0 Å². The Bertz CT molecular complexity index is 127. The van der Waals surface area contributed by atoms with Crippen LogP contribution in [-0.4, -0.2) is 35.7 Å². The third-order valence-corrected chi connectivity index (χ3v) is 2.60. The summed E-state index contributed by atoms with van der Waals surface area (Å²) in [6.45, 7) is 7.66. The van der Waals surface area contributed by atoms with Gasteiger partial charge < -0.3 is 10.0 Å². The molecular weight excluding hydrogens is 150 g/mol. The molecule has 1 heterocycles. The van der Waals surface area contributed by atoms with E-state index < -0.39 is 0 Å². The molecule has 2 heteroatoms. The summed E-state index contributed by atoms with van der Waals surface area (Å²) < 4.78 is 0. The monoisotopic (exact) mass is 171 g/mol. The van der Waals surface area contributed by atoms with E-state index in [1.165, 1.54) is 19.5 Å². The van der Waals surface area contributed by atoms with Gasteiger partial charge in [0.1, 0.15) is 0 Å². The van der Waals surface area contributed by atoms with E-state index in [1.54, 1.807) is 0 Å². The van der Waals surface area contributed by atoms with Crippen molar-refractivity contribution in [2.75, 3.05) is 19.6 Å². The minimum atomic E-state index is -0.0969. The lowest BCUT2D eigenvalue weighted by atomic mass is 10.2. The molecule has 1 N–H and O–H groups in total. The lowest BCUT2D eigenvalue weighted by molar-refractivity contribution is 0.115. The number of hydrogen-bond donors (Lipinski definition) is 1. The van der Waals surface area contributed by atoms with Crippen LogP contribution in [0.25, 0.3) is 0 Å². The molecule has 0 aromatic carbocycles. The fraction of sp³-hybridized carbons (Fsp3) is 1.00. The lowest BCUT2D eigenvalue weighted by Crippen LogP contribution is -2.30. The van der Waals surface area contributed by atoms with Crippen molar-refractivity contribution in [3.63, 3.8) is 0 Å². The van der Waals surface area contributed by atoms with Gasteiger partial charge in [0.25, 0.3) is 0 Å². The molecule has 0 saturated carbocycles. The molecule has 0 aliphatic carbocycles. The summed E-state index contributed by atoms with van der Waals surface area (Å²) in [5.41, 5.74) is 0. The maximum absolute atomic E-state index is 9.55. The van der Waals surface area contributed by atoms with Crippen LogP contribution >= 0.6 is 0 Å². The molecule has 1 aliphatic rings. The lowest BCUT2D eigenvalue weighted by Gasteiger charge is -2.19. The minimum Gasteiger partial charge on any atom is -0.392 e. The van der Waals surface area contributed by atoms with Gasteiger partial charge in [-0.15, -0.1) is 0 Å². The molecule has 2 atom stereocenters. The zero-order chi connectivity index (χ0) is 8.97. The Balaban J connectivity index is 2.14. The van der Waals surface area contributed by atoms with E-state index in [1.807, 2.05) is 0 Å². The first-order valence-corrected chi connectivity index (χ1v) is 5.12. The van der Waals surface area contributed by atoms with Crippen LogP contribution in [0, 0.1) is 5.92 Å². The zero-order valence-electron chi connectivity index (χ0n) is 8.29. The normalized spacial score (nSPS) is 27.8. The molecule has 0 aromatic heterocycles. The molecule has 72 valence electrons. The Labute approximate surface area is 75.6 Å². The van der Waals surface area contributed by atoms with Crippen molar-refractivity contribution in [1.29, 1.82) is 0 Å². The second-order valence-corrected chi connectivity index (χ2v) is 4.10. The van der Waals surface area contributed by atoms with Crippen LogP contribution < -0.4 is 0 Å². The van der Waals surface area contributed by atoms with Crippen LogP contribution in [0.15, 0.2) is 0 Å². The van der Waals surface area contributed by atoms with E-state index in [0.29, 0.717) is 0 Å². The van der Waals surface area contributed by atoms with E-state index in [9.17, 15) is 5.11 Å². The largest absolute Gasteiger partial charge is 0.392 e. The number of rotatable bonds is 4. The topological polar surface area (TPSA) is 23.5 Å². The van der Waals surface area contributed by atoms with E-state index in [4.69, 9.17) is 0 Å². The highest BCUT2D eigenvalue weighted by Gasteiger charge is 2.20. The average Bonchev–Trinajstić information content (AvgIpc) is 2.36. The highest BCUT2D eigenvalue weighted by Crippen LogP contribution is 2.15. The van der Waals surface area contributed by atoms with Crippen molar-refractivity contribution in [2.24, 2.45) is 5.92 Å². The van der Waals surface area contributed by atoms with Crippen molar-refractivity contribution in [3.05, 3.63) is 0 Å². The van der Waals surface area contributed by atoms with Crippen molar-refractivity contribution in [2.45, 2.75) is 39.2 Å². The number of nitrogens with zero attached hydrogens (tertiary/aromatic N) is 1. The standard InChI is InChI=1S/C10H21NO/c1-3-4-10(12)8-11-6-5-9(2)7-11/h9-10,12H,3-8H2,1-2H3. The number of β-amino-alcohol motifs (C(OH)–C–C–N with tert-alkyl or cyclic N) is 1. The first kappa shape index (κ1) is 10.0. The third-order valence-electron chi connectivity index (χ3n) is 2.60. The Hall–Kier alpha value is -0.0800. The highest BCUT2D eigenvalue weighted by molar-refractivity contribution is 4.74. The Morgan fingerprint density at radius 2 is 2.33 bits per heavy atom. The van der Waals surface area contributed by atoms with Crippen LogP contribution in [0.3, 0.4) is 0 Å². The van der Waals surface area contributed by atoms with Crippen molar-refractivity contribution in [3.8, 4) is 0 Å². The molecule has 12 heavy (non-hydrogen) atoms. The second-order valence-electron chi connectivity index (χ2n) is 4.10. The second kappa shape index (κ2) is 4.83. The summed E-state index contributed by atoms with van der Waals surface area (Å²) in [7, 11) is 0. The van der Waals surface area contributed by atoms with E-state index in [2.05, 4.69) is 18.7 Å². The summed E-state index contributed by atoms with van der Waals surface area (Å²) in [4.78, 5) is 2.38. The molecule has 0 radical (unpaired) electrons. The molecule has 0 bridgehead atoms. The number of aliphatic hydroxyl groups excluding tert-OH is 1. The summed E-state index contributed by atoms with van der Waals surface area (Å²) in [6, 6.07) is 0. The third kappa shape index (κ3) is 3.11. The molecule has 2 nitrogen and oxygen atoms in total. The summed E-state index contributed by atoms with van der Waals surface area (Å²) in [5, 5.41) is 9.55. The van der Waals surface area contributed by atoms with Gasteiger partial charge in [0, 0.05) is 13.1 Å². The van der Waals surface area contributed by atoms with Gasteiger partial charge >= 0.3 is 0 Å². The van der Waals surface area contributed by atoms with E-state index in [-0.39, 0.29) is 6.10 Å². The molecule has 2 unspecified atom stereocenters. The first-order chi connectivity index (χ1) is 5.72. The Morgan fingerprint density at radius 1 is 1.58 bits per heavy atom. The smallest absolute Gasteiger partial charge is 0.0667 e. The molecule has 1 saturated heterocycles. The predicted octanol–water partition coefficient (Wildman–Crippen LogP) is 1.49. The maximum atomic E-state index is 9.55. The van der Waals surface area contributed by atoms with Crippen LogP contribution in [0.2, 0.25) is 0 Å². The minimum absolute atomic E-state index is 0.0969. The molecule has 0 amide bonds. The average molecular weight is 171 g/mol. The van der Waals surface area contributed by atoms with Gasteiger partial charge in [-0.2, -0.15) is 0 Å². The van der Waals surface area contributed by atoms with Gasteiger partial charge in [0.05, 0.1) is 6.10 Å². The zero-order valence-corrected chi connectivity index (χ0v) is 8.29. The number of likely N-dealkylation sites (tertiary alicyclic amines) is 1. The van der Waals surface area contributed by atoms with Crippen molar-refractivity contribution >= 4 is 0 Å². The molecule has 0 spiro atoms. The van der Waals surface area contributed by atoms with Gasteiger partial charge in [-0.3, -0.25) is 0 Å². The van der Waals surface area contributed by atoms with Crippen molar-refractivity contribution in [1.82, 2.24) is 4.90 Å². The summed E-state index contributed by atoms with van der Waals surface area (Å²) in [6.07, 6.45) is 3.24. The van der Waals surface area contributed by atoms with Crippen LogP contribution in [-0.2, 0) is 0 Å². The van der Waals surface area contributed by atoms with Crippen LogP contribution in [0.5, 0.6) is 0 Å². The fourth-order valence-electron chi connectivity index (χ4n) is 1.91. The molecule has 1 aliphatic heterocycles. The Kier molecular flexibility index (Phi) is 4.02.